The van der Waals surface area contributed by atoms with E-state index in [1.807, 2.05) is 0 Å². The van der Waals surface area contributed by atoms with E-state index in [9.17, 15) is 18.0 Å². The van der Waals surface area contributed by atoms with Crippen molar-refractivity contribution in [2.24, 2.45) is 0 Å². The van der Waals surface area contributed by atoms with E-state index < -0.39 is 33.4 Å². The smallest absolute Gasteiger partial charge is 0.334 e. The molecule has 0 amide bonds. The number of benzene rings is 2. The SMILES string of the molecule is CCOC(=O)[C@@]12c3cc(C)ccc3S(=O)(=O)N1[C@H]2C(=O)c1cccc(OC)c1. The molecule has 2 aliphatic rings. The summed E-state index contributed by atoms with van der Waals surface area (Å²) in [5.41, 5.74) is -0.283. The molecule has 1 saturated heterocycles. The molecule has 8 heteroatoms. The third-order valence-corrected chi connectivity index (χ3v) is 7.11. The molecule has 1 fully saturated rings. The Morgan fingerprint density at radius 2 is 1.93 bits per heavy atom. The Labute approximate surface area is 162 Å². The Morgan fingerprint density at radius 3 is 2.61 bits per heavy atom. The lowest BCUT2D eigenvalue weighted by molar-refractivity contribution is -0.147. The average molecular weight is 401 g/mol. The Bertz CT molecular complexity index is 1110. The van der Waals surface area contributed by atoms with Gasteiger partial charge in [0.05, 0.1) is 18.6 Å². The molecule has 4 rings (SSSR count). The van der Waals surface area contributed by atoms with Crippen LogP contribution < -0.4 is 4.74 Å². The summed E-state index contributed by atoms with van der Waals surface area (Å²) in [6, 6.07) is 10.0. The lowest BCUT2D eigenvalue weighted by Gasteiger charge is -2.14. The fourth-order valence-electron chi connectivity index (χ4n) is 3.92. The number of ketones is 1. The summed E-state index contributed by atoms with van der Waals surface area (Å²) in [6.45, 7) is 3.52. The molecule has 2 heterocycles. The van der Waals surface area contributed by atoms with Crippen LogP contribution in [0.3, 0.4) is 0 Å². The van der Waals surface area contributed by atoms with Crippen LogP contribution in [0.15, 0.2) is 47.4 Å². The van der Waals surface area contributed by atoms with Gasteiger partial charge in [-0.2, -0.15) is 4.31 Å². The first-order chi connectivity index (χ1) is 13.3. The van der Waals surface area contributed by atoms with Crippen LogP contribution in [0.4, 0.5) is 0 Å². The number of sulfonamides is 1. The second kappa shape index (κ2) is 6.15. The molecule has 0 saturated carbocycles. The van der Waals surface area contributed by atoms with Gasteiger partial charge in [0.15, 0.2) is 11.3 Å². The van der Waals surface area contributed by atoms with E-state index in [2.05, 4.69) is 0 Å². The molecule has 0 aromatic heterocycles. The van der Waals surface area contributed by atoms with Crippen molar-refractivity contribution >= 4 is 21.8 Å². The summed E-state index contributed by atoms with van der Waals surface area (Å²) in [6.07, 6.45) is 0. The molecule has 7 nitrogen and oxygen atoms in total. The maximum absolute atomic E-state index is 13.2. The minimum absolute atomic E-state index is 0.0424. The molecule has 0 aliphatic carbocycles. The van der Waals surface area contributed by atoms with Crippen LogP contribution in [0.1, 0.15) is 28.4 Å². The van der Waals surface area contributed by atoms with Gasteiger partial charge in [-0.15, -0.1) is 0 Å². The number of ether oxygens (including phenoxy) is 2. The Morgan fingerprint density at radius 1 is 1.18 bits per heavy atom. The Balaban J connectivity index is 1.88. The van der Waals surface area contributed by atoms with Crippen LogP contribution in [-0.4, -0.2) is 44.2 Å². The highest BCUT2D eigenvalue weighted by molar-refractivity contribution is 7.90. The number of hydrogen-bond donors (Lipinski definition) is 0. The largest absolute Gasteiger partial charge is 0.497 e. The molecule has 146 valence electrons. The number of carbonyl (C=O) groups is 2. The third-order valence-electron chi connectivity index (χ3n) is 5.18. The fraction of sp³-hybridized carbons (Fsp3) is 0.300. The van der Waals surface area contributed by atoms with Gasteiger partial charge in [-0.3, -0.25) is 4.79 Å². The zero-order valence-corrected chi connectivity index (χ0v) is 16.4. The number of Topliss-reactive ketones (excluding diaryl/α,β-unsaturated/α-hetero) is 1. The number of fused-ring (bicyclic) bond motifs is 3. The minimum Gasteiger partial charge on any atom is -0.497 e. The van der Waals surface area contributed by atoms with Gasteiger partial charge in [0, 0.05) is 11.1 Å². The molecule has 2 aromatic rings. The van der Waals surface area contributed by atoms with Crippen LogP contribution >= 0.6 is 0 Å². The van der Waals surface area contributed by atoms with Crippen molar-refractivity contribution in [1.29, 1.82) is 0 Å². The molecular weight excluding hydrogens is 382 g/mol. The summed E-state index contributed by atoms with van der Waals surface area (Å²) < 4.78 is 37.4. The number of methoxy groups -OCH3 is 1. The Kier molecular flexibility index (Phi) is 4.09. The normalized spacial score (nSPS) is 26.1. The van der Waals surface area contributed by atoms with Crippen molar-refractivity contribution in [2.45, 2.75) is 30.3 Å². The van der Waals surface area contributed by atoms with E-state index in [0.29, 0.717) is 11.3 Å². The van der Waals surface area contributed by atoms with Crippen LogP contribution in [0.25, 0.3) is 0 Å². The molecule has 0 N–H and O–H groups in total. The van der Waals surface area contributed by atoms with Gasteiger partial charge in [-0.1, -0.05) is 29.8 Å². The zero-order chi connectivity index (χ0) is 20.3. The lowest BCUT2D eigenvalue weighted by Crippen LogP contribution is -2.30. The average Bonchev–Trinajstić information content (AvgIpc) is 3.35. The molecule has 0 bridgehead atoms. The van der Waals surface area contributed by atoms with Crippen LogP contribution in [-0.2, 0) is 25.1 Å². The summed E-state index contributed by atoms with van der Waals surface area (Å²) in [5, 5.41) is 0. The van der Waals surface area contributed by atoms with Crippen molar-refractivity contribution in [3.63, 3.8) is 0 Å². The van der Waals surface area contributed by atoms with Crippen molar-refractivity contribution < 1.29 is 27.5 Å². The highest BCUT2D eigenvalue weighted by Gasteiger charge is 2.82. The molecule has 0 radical (unpaired) electrons. The summed E-state index contributed by atoms with van der Waals surface area (Å²) >= 11 is 0. The van der Waals surface area contributed by atoms with Crippen molar-refractivity contribution in [2.75, 3.05) is 13.7 Å². The van der Waals surface area contributed by atoms with Gasteiger partial charge in [0.2, 0.25) is 10.0 Å². The maximum atomic E-state index is 13.2. The zero-order valence-electron chi connectivity index (χ0n) is 15.6. The number of aryl methyl sites for hydroxylation is 1. The number of rotatable bonds is 5. The first-order valence-electron chi connectivity index (χ1n) is 8.81. The predicted molar refractivity (Wildman–Crippen MR) is 99.6 cm³/mol. The summed E-state index contributed by atoms with van der Waals surface area (Å²) in [4.78, 5) is 26.2. The van der Waals surface area contributed by atoms with Gasteiger partial charge < -0.3 is 9.47 Å². The van der Waals surface area contributed by atoms with Gasteiger partial charge in [0.1, 0.15) is 11.8 Å². The molecule has 2 aliphatic heterocycles. The van der Waals surface area contributed by atoms with E-state index in [4.69, 9.17) is 9.47 Å². The second-order valence-electron chi connectivity index (χ2n) is 6.79. The molecular formula is C20H19NO6S. The Hall–Kier alpha value is -2.71. The molecule has 3 atom stereocenters. The second-order valence-corrected chi connectivity index (χ2v) is 8.57. The van der Waals surface area contributed by atoms with Gasteiger partial charge in [-0.25, -0.2) is 13.2 Å². The van der Waals surface area contributed by atoms with Gasteiger partial charge in [-0.05, 0) is 32.0 Å². The number of nitrogens with zero attached hydrogens (tertiary/aromatic N) is 1. The number of carbonyl (C=O) groups excluding carboxylic acids is 2. The quantitative estimate of drug-likeness (QED) is 0.433. The minimum atomic E-state index is -3.99. The molecule has 1 unspecified atom stereocenters. The van der Waals surface area contributed by atoms with Crippen molar-refractivity contribution in [3.8, 4) is 5.75 Å². The third kappa shape index (κ3) is 2.28. The monoisotopic (exact) mass is 401 g/mol. The number of esters is 1. The fourth-order valence-corrected chi connectivity index (χ4v) is 5.99. The summed E-state index contributed by atoms with van der Waals surface area (Å²) in [5.74, 6) is -0.734. The highest BCUT2D eigenvalue weighted by atomic mass is 32.2. The molecule has 28 heavy (non-hydrogen) atoms. The van der Waals surface area contributed by atoms with Crippen molar-refractivity contribution in [3.05, 3.63) is 59.2 Å². The first kappa shape index (κ1) is 18.6. The topological polar surface area (TPSA) is 89.8 Å². The van der Waals surface area contributed by atoms with E-state index in [0.717, 1.165) is 9.87 Å². The van der Waals surface area contributed by atoms with E-state index in [1.165, 1.54) is 19.2 Å². The van der Waals surface area contributed by atoms with Gasteiger partial charge in [0.25, 0.3) is 0 Å². The standard InChI is InChI=1S/C20H19NO6S/c1-4-27-19(23)20-15-10-12(2)8-9-16(15)28(24,25)21(20)18(20)17(22)13-6-5-7-14(11-13)26-3/h5-11,18H,4H2,1-3H3/t18-,20-,21?/m0/s1. The van der Waals surface area contributed by atoms with Crippen LogP contribution in [0.5, 0.6) is 5.75 Å². The predicted octanol–water partition coefficient (Wildman–Crippen LogP) is 2.03. The van der Waals surface area contributed by atoms with E-state index in [1.54, 1.807) is 44.2 Å². The number of hydrogen-bond acceptors (Lipinski definition) is 6. The van der Waals surface area contributed by atoms with Crippen molar-refractivity contribution in [1.82, 2.24) is 4.31 Å². The van der Waals surface area contributed by atoms with Crippen LogP contribution in [0, 0.1) is 6.92 Å². The van der Waals surface area contributed by atoms with E-state index in [-0.39, 0.29) is 17.1 Å². The molecule has 2 aromatic carbocycles. The molecule has 0 spiro atoms. The summed E-state index contributed by atoms with van der Waals surface area (Å²) in [7, 11) is -2.51. The lowest BCUT2D eigenvalue weighted by atomic mass is 9.90. The van der Waals surface area contributed by atoms with Crippen LogP contribution in [0.2, 0.25) is 0 Å². The highest BCUT2D eigenvalue weighted by Crippen LogP contribution is 2.62. The van der Waals surface area contributed by atoms with Gasteiger partial charge >= 0.3 is 5.97 Å². The van der Waals surface area contributed by atoms with E-state index >= 15 is 0 Å². The first-order valence-corrected chi connectivity index (χ1v) is 10.2. The maximum Gasteiger partial charge on any atom is 0.334 e.